The zero-order chi connectivity index (χ0) is 9.14. The Morgan fingerprint density at radius 1 is 1.75 bits per heavy atom. The Morgan fingerprint density at radius 3 is 2.83 bits per heavy atom. The molecule has 1 aromatic heterocycles. The molecule has 0 saturated carbocycles. The van der Waals surface area contributed by atoms with Gasteiger partial charge in [0.1, 0.15) is 0 Å². The molecule has 0 radical (unpaired) electrons. The van der Waals surface area contributed by atoms with E-state index in [0.717, 1.165) is 23.3 Å². The second kappa shape index (κ2) is 3.54. The summed E-state index contributed by atoms with van der Waals surface area (Å²) in [6.07, 6.45) is 2.68. The van der Waals surface area contributed by atoms with Crippen molar-refractivity contribution in [3.8, 4) is 0 Å². The van der Waals surface area contributed by atoms with E-state index in [2.05, 4.69) is 11.7 Å². The van der Waals surface area contributed by atoms with Crippen molar-refractivity contribution in [2.45, 2.75) is 13.3 Å². The van der Waals surface area contributed by atoms with Crippen LogP contribution in [0.3, 0.4) is 0 Å². The van der Waals surface area contributed by atoms with Crippen LogP contribution < -0.4 is 5.73 Å². The Labute approximate surface area is 72.9 Å². The predicted molar refractivity (Wildman–Crippen MR) is 50.7 cm³/mol. The van der Waals surface area contributed by atoms with Crippen molar-refractivity contribution in [3.63, 3.8) is 0 Å². The first kappa shape index (κ1) is 9.00. The predicted octanol–water partition coefficient (Wildman–Crippen LogP) is 1.09. The molecule has 3 nitrogen and oxygen atoms in total. The number of nitrogens with zero attached hydrogens (tertiary/aromatic N) is 2. The molecule has 1 rings (SSSR count). The Kier molecular flexibility index (Phi) is 2.65. The van der Waals surface area contributed by atoms with Gasteiger partial charge in [0, 0.05) is 7.05 Å². The molecule has 3 heteroatoms. The Hall–Kier alpha value is -1.09. The van der Waals surface area contributed by atoms with Crippen LogP contribution in [0.4, 0.5) is 0 Å². The fourth-order valence-corrected chi connectivity index (χ4v) is 1.35. The molecule has 0 bridgehead atoms. The molecule has 0 aromatic carbocycles. The van der Waals surface area contributed by atoms with Gasteiger partial charge in [-0.25, -0.2) is 0 Å². The van der Waals surface area contributed by atoms with E-state index in [1.165, 1.54) is 0 Å². The number of hydrogen-bond acceptors (Lipinski definition) is 2. The average Bonchev–Trinajstić information content (AvgIpc) is 2.32. The molecule has 0 aliphatic carbocycles. The third-order valence-electron chi connectivity index (χ3n) is 1.90. The van der Waals surface area contributed by atoms with Crippen LogP contribution in [0.15, 0.2) is 12.8 Å². The van der Waals surface area contributed by atoms with Crippen LogP contribution in [0.25, 0.3) is 5.57 Å². The van der Waals surface area contributed by atoms with Crippen molar-refractivity contribution >= 4 is 5.57 Å². The van der Waals surface area contributed by atoms with Crippen molar-refractivity contribution in [1.29, 1.82) is 0 Å². The minimum absolute atomic E-state index is 0.642. The standard InChI is InChI=1S/C9H15N3/c1-7(4-5-10)9-8(2)6-11-12(9)3/h6H,1,4-5,10H2,2-3H3. The normalized spacial score (nSPS) is 10.2. The molecule has 0 aliphatic heterocycles. The highest BCUT2D eigenvalue weighted by molar-refractivity contribution is 5.62. The lowest BCUT2D eigenvalue weighted by molar-refractivity contribution is 0.751. The smallest absolute Gasteiger partial charge is 0.0662 e. The fraction of sp³-hybridized carbons (Fsp3) is 0.444. The molecule has 0 aliphatic rings. The summed E-state index contributed by atoms with van der Waals surface area (Å²) in [7, 11) is 1.92. The number of hydrogen-bond donors (Lipinski definition) is 1. The first-order valence-electron chi connectivity index (χ1n) is 4.03. The lowest BCUT2D eigenvalue weighted by Crippen LogP contribution is -2.03. The highest BCUT2D eigenvalue weighted by Gasteiger charge is 2.06. The van der Waals surface area contributed by atoms with Gasteiger partial charge in [0.15, 0.2) is 0 Å². The van der Waals surface area contributed by atoms with Crippen LogP contribution in [0, 0.1) is 6.92 Å². The number of rotatable bonds is 3. The van der Waals surface area contributed by atoms with Gasteiger partial charge >= 0.3 is 0 Å². The highest BCUT2D eigenvalue weighted by atomic mass is 15.3. The van der Waals surface area contributed by atoms with Gasteiger partial charge in [-0.05, 0) is 31.0 Å². The molecular formula is C9H15N3. The van der Waals surface area contributed by atoms with E-state index < -0.39 is 0 Å². The summed E-state index contributed by atoms with van der Waals surface area (Å²) < 4.78 is 1.84. The monoisotopic (exact) mass is 165 g/mol. The fourth-order valence-electron chi connectivity index (χ4n) is 1.35. The van der Waals surface area contributed by atoms with Crippen LogP contribution in [-0.2, 0) is 7.05 Å². The zero-order valence-electron chi connectivity index (χ0n) is 7.67. The number of aromatic nitrogens is 2. The molecule has 0 amide bonds. The third kappa shape index (κ3) is 1.56. The molecule has 12 heavy (non-hydrogen) atoms. The molecule has 1 aromatic rings. The van der Waals surface area contributed by atoms with E-state index in [0.29, 0.717) is 6.54 Å². The number of nitrogens with two attached hydrogens (primary N) is 1. The van der Waals surface area contributed by atoms with Gasteiger partial charge in [-0.2, -0.15) is 5.10 Å². The topological polar surface area (TPSA) is 43.8 Å². The Balaban J connectivity index is 2.93. The molecule has 0 fully saturated rings. The minimum atomic E-state index is 0.642. The molecular weight excluding hydrogens is 150 g/mol. The Morgan fingerprint density at radius 2 is 2.42 bits per heavy atom. The van der Waals surface area contributed by atoms with E-state index in [-0.39, 0.29) is 0 Å². The van der Waals surface area contributed by atoms with Crippen LogP contribution in [0.1, 0.15) is 17.7 Å². The van der Waals surface area contributed by atoms with Crippen molar-refractivity contribution in [3.05, 3.63) is 24.0 Å². The summed E-state index contributed by atoms with van der Waals surface area (Å²) in [6, 6.07) is 0. The van der Waals surface area contributed by atoms with Gasteiger partial charge in [0.2, 0.25) is 0 Å². The largest absolute Gasteiger partial charge is 0.330 e. The van der Waals surface area contributed by atoms with E-state index in [1.54, 1.807) is 0 Å². The summed E-state index contributed by atoms with van der Waals surface area (Å²) in [6.45, 7) is 6.64. The zero-order valence-corrected chi connectivity index (χ0v) is 7.67. The third-order valence-corrected chi connectivity index (χ3v) is 1.90. The van der Waals surface area contributed by atoms with E-state index in [4.69, 9.17) is 5.73 Å². The van der Waals surface area contributed by atoms with Crippen LogP contribution in [0.5, 0.6) is 0 Å². The van der Waals surface area contributed by atoms with Gasteiger partial charge in [-0.1, -0.05) is 6.58 Å². The lowest BCUT2D eigenvalue weighted by atomic mass is 10.1. The summed E-state index contributed by atoms with van der Waals surface area (Å²) in [5, 5.41) is 4.13. The molecule has 0 spiro atoms. The summed E-state index contributed by atoms with van der Waals surface area (Å²) >= 11 is 0. The highest BCUT2D eigenvalue weighted by Crippen LogP contribution is 2.17. The second-order valence-corrected chi connectivity index (χ2v) is 2.94. The maximum absolute atomic E-state index is 5.45. The van der Waals surface area contributed by atoms with E-state index in [1.807, 2.05) is 24.9 Å². The van der Waals surface area contributed by atoms with E-state index >= 15 is 0 Å². The molecule has 2 N–H and O–H groups in total. The van der Waals surface area contributed by atoms with Crippen LogP contribution in [0.2, 0.25) is 0 Å². The van der Waals surface area contributed by atoms with Gasteiger partial charge in [0.25, 0.3) is 0 Å². The van der Waals surface area contributed by atoms with Gasteiger partial charge in [-0.15, -0.1) is 0 Å². The van der Waals surface area contributed by atoms with Crippen LogP contribution in [-0.4, -0.2) is 16.3 Å². The molecule has 0 atom stereocenters. The quantitative estimate of drug-likeness (QED) is 0.728. The molecule has 1 heterocycles. The SMILES string of the molecule is C=C(CCN)c1c(C)cnn1C. The summed E-state index contributed by atoms with van der Waals surface area (Å²) in [4.78, 5) is 0. The first-order valence-corrected chi connectivity index (χ1v) is 4.03. The number of aryl methyl sites for hydroxylation is 2. The average molecular weight is 165 g/mol. The molecule has 66 valence electrons. The van der Waals surface area contributed by atoms with Gasteiger partial charge in [0.05, 0.1) is 11.9 Å². The van der Waals surface area contributed by atoms with Gasteiger partial charge < -0.3 is 5.73 Å². The first-order chi connectivity index (χ1) is 5.66. The maximum Gasteiger partial charge on any atom is 0.0662 e. The van der Waals surface area contributed by atoms with E-state index in [9.17, 15) is 0 Å². The van der Waals surface area contributed by atoms with Crippen molar-refractivity contribution in [1.82, 2.24) is 9.78 Å². The van der Waals surface area contributed by atoms with Crippen molar-refractivity contribution in [2.75, 3.05) is 6.54 Å². The van der Waals surface area contributed by atoms with Gasteiger partial charge in [-0.3, -0.25) is 4.68 Å². The Bertz CT molecular complexity index is 266. The summed E-state index contributed by atoms with van der Waals surface area (Å²) in [5.41, 5.74) is 8.78. The molecule has 0 saturated heterocycles. The van der Waals surface area contributed by atoms with Crippen LogP contribution >= 0.6 is 0 Å². The maximum atomic E-state index is 5.45. The summed E-state index contributed by atoms with van der Waals surface area (Å²) in [5.74, 6) is 0. The minimum Gasteiger partial charge on any atom is -0.330 e. The van der Waals surface area contributed by atoms with Crippen molar-refractivity contribution in [2.24, 2.45) is 12.8 Å². The van der Waals surface area contributed by atoms with Crippen molar-refractivity contribution < 1.29 is 0 Å². The molecule has 0 unspecified atom stereocenters. The lowest BCUT2D eigenvalue weighted by Gasteiger charge is -2.05. The second-order valence-electron chi connectivity index (χ2n) is 2.94.